The molecule has 0 spiro atoms. The maximum absolute atomic E-state index is 11.8. The summed E-state index contributed by atoms with van der Waals surface area (Å²) in [7, 11) is 0. The fourth-order valence-corrected chi connectivity index (χ4v) is 2.14. The molecule has 0 radical (unpaired) electrons. The number of carboxylic acid groups (broad SMARTS) is 1. The number of carboxylic acids is 1. The molecule has 100 valence electrons. The van der Waals surface area contributed by atoms with Crippen molar-refractivity contribution in [3.8, 4) is 0 Å². The van der Waals surface area contributed by atoms with E-state index in [1.54, 1.807) is 26.2 Å². The van der Waals surface area contributed by atoms with Crippen molar-refractivity contribution in [3.05, 3.63) is 20.7 Å². The van der Waals surface area contributed by atoms with Gasteiger partial charge in [0.1, 0.15) is 5.92 Å². The van der Waals surface area contributed by atoms with Crippen LogP contribution in [0.4, 0.5) is 0 Å². The molecule has 18 heavy (non-hydrogen) atoms. The Morgan fingerprint density at radius 3 is 2.50 bits per heavy atom. The topological polar surface area (TPSA) is 99.3 Å². The fourth-order valence-electron chi connectivity index (χ4n) is 1.56. The zero-order chi connectivity index (χ0) is 13.9. The lowest BCUT2D eigenvalue weighted by Crippen LogP contribution is -2.42. The van der Waals surface area contributed by atoms with Gasteiger partial charge < -0.3 is 15.4 Å². The van der Waals surface area contributed by atoms with Crippen LogP contribution in [-0.4, -0.2) is 22.0 Å². The maximum atomic E-state index is 11.8. The van der Waals surface area contributed by atoms with Gasteiger partial charge in [-0.3, -0.25) is 14.4 Å². The smallest absolute Gasteiger partial charge is 0.316 e. The standard InChI is InChI=1S/C11H16N2O4S/c1-11(2,3)7(9(15)16)8(14)12-4-6-5-18-10(17)13-6/h5,7H,4H2,1-3H3,(H,12,14)(H,13,17)(H,15,16). The van der Waals surface area contributed by atoms with Crippen molar-refractivity contribution in [1.82, 2.24) is 10.3 Å². The van der Waals surface area contributed by atoms with E-state index in [1.807, 2.05) is 0 Å². The predicted octanol–water partition coefficient (Wildman–Crippen LogP) is 0.799. The first-order valence-electron chi connectivity index (χ1n) is 5.39. The van der Waals surface area contributed by atoms with E-state index in [4.69, 9.17) is 5.11 Å². The Morgan fingerprint density at radius 2 is 2.11 bits per heavy atom. The van der Waals surface area contributed by atoms with Crippen LogP contribution in [0.15, 0.2) is 10.2 Å². The van der Waals surface area contributed by atoms with Crippen LogP contribution in [0.5, 0.6) is 0 Å². The molecule has 1 amide bonds. The number of amides is 1. The van der Waals surface area contributed by atoms with Gasteiger partial charge in [-0.25, -0.2) is 0 Å². The molecule has 0 aliphatic heterocycles. The van der Waals surface area contributed by atoms with Gasteiger partial charge in [-0.15, -0.1) is 0 Å². The van der Waals surface area contributed by atoms with Gasteiger partial charge in [0.25, 0.3) is 0 Å². The van der Waals surface area contributed by atoms with Crippen molar-refractivity contribution >= 4 is 23.2 Å². The van der Waals surface area contributed by atoms with Gasteiger partial charge in [0.15, 0.2) is 0 Å². The Bertz CT molecular complexity index is 498. The molecule has 1 aromatic heterocycles. The number of aromatic amines is 1. The number of hydrogen-bond donors (Lipinski definition) is 3. The van der Waals surface area contributed by atoms with Crippen molar-refractivity contribution < 1.29 is 14.7 Å². The first-order valence-corrected chi connectivity index (χ1v) is 6.27. The first kappa shape index (κ1) is 14.4. The summed E-state index contributed by atoms with van der Waals surface area (Å²) in [4.78, 5) is 36.1. The third-order valence-corrected chi connectivity index (χ3v) is 3.12. The van der Waals surface area contributed by atoms with E-state index in [1.165, 1.54) is 0 Å². The second-order valence-corrected chi connectivity index (χ2v) is 5.87. The number of hydrogen-bond acceptors (Lipinski definition) is 4. The summed E-state index contributed by atoms with van der Waals surface area (Å²) in [5.74, 6) is -2.83. The number of carbonyl (C=O) groups excluding carboxylic acids is 1. The number of H-pyrrole nitrogens is 1. The van der Waals surface area contributed by atoms with Gasteiger partial charge in [-0.1, -0.05) is 32.1 Å². The number of carbonyl (C=O) groups is 2. The van der Waals surface area contributed by atoms with Crippen LogP contribution in [-0.2, 0) is 16.1 Å². The van der Waals surface area contributed by atoms with Crippen molar-refractivity contribution in [1.29, 1.82) is 0 Å². The second kappa shape index (κ2) is 5.34. The molecule has 1 heterocycles. The van der Waals surface area contributed by atoms with Crippen LogP contribution in [0.1, 0.15) is 26.5 Å². The largest absolute Gasteiger partial charge is 0.481 e. The summed E-state index contributed by atoms with van der Waals surface area (Å²) < 4.78 is 0. The van der Waals surface area contributed by atoms with Gasteiger partial charge in [0, 0.05) is 11.1 Å². The summed E-state index contributed by atoms with van der Waals surface area (Å²) in [6.07, 6.45) is 0. The molecular formula is C11H16N2O4S. The SMILES string of the molecule is CC(C)(C)C(C(=O)O)C(=O)NCc1csc(=O)[nH]1. The molecule has 1 unspecified atom stereocenters. The molecule has 0 aromatic carbocycles. The second-order valence-electron chi connectivity index (χ2n) is 5.03. The lowest BCUT2D eigenvalue weighted by Gasteiger charge is -2.25. The van der Waals surface area contributed by atoms with E-state index in [2.05, 4.69) is 10.3 Å². The summed E-state index contributed by atoms with van der Waals surface area (Å²) in [6, 6.07) is 0. The maximum Gasteiger partial charge on any atom is 0.316 e. The highest BCUT2D eigenvalue weighted by molar-refractivity contribution is 7.07. The van der Waals surface area contributed by atoms with E-state index >= 15 is 0 Å². The summed E-state index contributed by atoms with van der Waals surface area (Å²) in [6.45, 7) is 5.20. The lowest BCUT2D eigenvalue weighted by atomic mass is 9.80. The predicted molar refractivity (Wildman–Crippen MR) is 67.4 cm³/mol. The summed E-state index contributed by atoms with van der Waals surface area (Å²) in [5, 5.41) is 13.2. The molecule has 7 heteroatoms. The minimum absolute atomic E-state index is 0.122. The fraction of sp³-hybridized carbons (Fsp3) is 0.545. The van der Waals surface area contributed by atoms with Crippen molar-refractivity contribution in [2.75, 3.05) is 0 Å². The van der Waals surface area contributed by atoms with Crippen molar-refractivity contribution in [3.63, 3.8) is 0 Å². The van der Waals surface area contributed by atoms with Gasteiger partial charge in [0.05, 0.1) is 6.54 Å². The van der Waals surface area contributed by atoms with Crippen LogP contribution >= 0.6 is 11.3 Å². The quantitative estimate of drug-likeness (QED) is 0.706. The molecular weight excluding hydrogens is 256 g/mol. The molecule has 0 fully saturated rings. The Labute approximate surface area is 108 Å². The molecule has 1 aromatic rings. The van der Waals surface area contributed by atoms with Gasteiger partial charge >= 0.3 is 10.8 Å². The van der Waals surface area contributed by atoms with Crippen LogP contribution in [0.25, 0.3) is 0 Å². The zero-order valence-electron chi connectivity index (χ0n) is 10.4. The normalized spacial score (nSPS) is 13.1. The Balaban J connectivity index is 2.69. The summed E-state index contributed by atoms with van der Waals surface area (Å²) >= 11 is 0.998. The van der Waals surface area contributed by atoms with E-state index < -0.39 is 23.2 Å². The van der Waals surface area contributed by atoms with E-state index in [-0.39, 0.29) is 11.4 Å². The van der Waals surface area contributed by atoms with E-state index in [0.717, 1.165) is 11.3 Å². The number of rotatable bonds is 4. The van der Waals surface area contributed by atoms with Crippen LogP contribution in [0.3, 0.4) is 0 Å². The lowest BCUT2D eigenvalue weighted by molar-refractivity contribution is -0.151. The average Bonchev–Trinajstić information content (AvgIpc) is 2.58. The average molecular weight is 272 g/mol. The molecule has 0 saturated carbocycles. The third kappa shape index (κ3) is 3.69. The van der Waals surface area contributed by atoms with Crippen molar-refractivity contribution in [2.24, 2.45) is 11.3 Å². The number of thiazole rings is 1. The van der Waals surface area contributed by atoms with Gasteiger partial charge in [0.2, 0.25) is 5.91 Å². The highest BCUT2D eigenvalue weighted by atomic mass is 32.1. The monoisotopic (exact) mass is 272 g/mol. The minimum atomic E-state index is -1.15. The molecule has 3 N–H and O–H groups in total. The first-order chi connectivity index (χ1) is 8.21. The van der Waals surface area contributed by atoms with Crippen LogP contribution in [0.2, 0.25) is 0 Å². The minimum Gasteiger partial charge on any atom is -0.481 e. The van der Waals surface area contributed by atoms with Gasteiger partial charge in [-0.05, 0) is 5.41 Å². The Morgan fingerprint density at radius 1 is 1.50 bits per heavy atom. The highest BCUT2D eigenvalue weighted by Gasteiger charge is 2.37. The molecule has 0 saturated heterocycles. The third-order valence-electron chi connectivity index (χ3n) is 2.40. The number of aromatic nitrogens is 1. The molecule has 6 nitrogen and oxygen atoms in total. The van der Waals surface area contributed by atoms with Crippen LogP contribution < -0.4 is 10.2 Å². The molecule has 1 atom stereocenters. The number of aliphatic carboxylic acids is 1. The van der Waals surface area contributed by atoms with Gasteiger partial charge in [-0.2, -0.15) is 0 Å². The number of nitrogens with one attached hydrogen (secondary N) is 2. The van der Waals surface area contributed by atoms with E-state index in [0.29, 0.717) is 5.69 Å². The van der Waals surface area contributed by atoms with E-state index in [9.17, 15) is 14.4 Å². The molecule has 1 rings (SSSR count). The zero-order valence-corrected chi connectivity index (χ0v) is 11.3. The molecule has 0 aliphatic carbocycles. The van der Waals surface area contributed by atoms with Crippen LogP contribution in [0, 0.1) is 11.3 Å². The summed E-state index contributed by atoms with van der Waals surface area (Å²) in [5.41, 5.74) is -0.103. The van der Waals surface area contributed by atoms with Crippen molar-refractivity contribution in [2.45, 2.75) is 27.3 Å². The molecule has 0 aliphatic rings. The molecule has 0 bridgehead atoms. The highest BCUT2D eigenvalue weighted by Crippen LogP contribution is 2.26. The Hall–Kier alpha value is -1.63. The Kier molecular flexibility index (Phi) is 4.28.